The molecule has 28 heavy (non-hydrogen) atoms. The topological polar surface area (TPSA) is 46.9 Å². The average Bonchev–Trinajstić information content (AvgIpc) is 3.33. The number of nitrogens with one attached hydrogen (secondary N) is 1. The molecular formula is C21H17ClFN3OS. The summed E-state index contributed by atoms with van der Waals surface area (Å²) in [4.78, 5) is 17.8. The Hall–Kier alpha value is -2.70. The predicted octanol–water partition coefficient (Wildman–Crippen LogP) is 5.43. The fourth-order valence-corrected chi connectivity index (χ4v) is 4.02. The number of carbonyl (C=O) groups is 1. The minimum absolute atomic E-state index is 0.162. The number of hydrogen-bond donors (Lipinski definition) is 1. The smallest absolute Gasteiger partial charge is 0.261 e. The van der Waals surface area contributed by atoms with Crippen LogP contribution in [-0.4, -0.2) is 15.5 Å². The van der Waals surface area contributed by atoms with Crippen molar-refractivity contribution in [3.63, 3.8) is 0 Å². The van der Waals surface area contributed by atoms with Gasteiger partial charge in [0.2, 0.25) is 0 Å². The van der Waals surface area contributed by atoms with Gasteiger partial charge in [-0.2, -0.15) is 0 Å². The Labute approximate surface area is 170 Å². The van der Waals surface area contributed by atoms with Crippen molar-refractivity contribution < 1.29 is 9.18 Å². The van der Waals surface area contributed by atoms with E-state index in [0.29, 0.717) is 21.3 Å². The number of hydrogen-bond acceptors (Lipinski definition) is 3. The highest BCUT2D eigenvalue weighted by Crippen LogP contribution is 2.26. The van der Waals surface area contributed by atoms with Crippen LogP contribution in [0.1, 0.15) is 34.0 Å². The third-order valence-corrected chi connectivity index (χ3v) is 5.76. The second kappa shape index (κ2) is 7.73. The SMILES string of the molecule is CC(NC(=O)c1cccs1)c1nc2ccccc2n1Cc1c(F)cccc1Cl. The zero-order valence-electron chi connectivity index (χ0n) is 15.0. The van der Waals surface area contributed by atoms with Crippen LogP contribution in [0.3, 0.4) is 0 Å². The summed E-state index contributed by atoms with van der Waals surface area (Å²) in [5.41, 5.74) is 2.03. The molecule has 4 nitrogen and oxygen atoms in total. The largest absolute Gasteiger partial charge is 0.342 e. The number of halogens is 2. The summed E-state index contributed by atoms with van der Waals surface area (Å²) in [5.74, 6) is 0.113. The predicted molar refractivity (Wildman–Crippen MR) is 110 cm³/mol. The molecule has 7 heteroatoms. The molecule has 0 bridgehead atoms. The highest BCUT2D eigenvalue weighted by Gasteiger charge is 2.21. The Morgan fingerprint density at radius 3 is 2.79 bits per heavy atom. The summed E-state index contributed by atoms with van der Waals surface area (Å²) in [6.45, 7) is 2.09. The molecule has 1 N–H and O–H groups in total. The van der Waals surface area contributed by atoms with E-state index in [0.717, 1.165) is 11.0 Å². The minimum Gasteiger partial charge on any atom is -0.342 e. The standard InChI is InChI=1S/C21H17ClFN3OS/c1-13(24-21(27)19-10-5-11-28-19)20-25-17-8-2-3-9-18(17)26(20)12-14-15(22)6-4-7-16(14)23/h2-11,13H,12H2,1H3,(H,24,27). The average molecular weight is 414 g/mol. The molecule has 1 unspecified atom stereocenters. The van der Waals surface area contributed by atoms with Crippen molar-refractivity contribution in [3.05, 3.63) is 87.1 Å². The molecule has 0 spiro atoms. The molecule has 2 aromatic heterocycles. The second-order valence-corrected chi connectivity index (χ2v) is 7.77. The van der Waals surface area contributed by atoms with Gasteiger partial charge < -0.3 is 9.88 Å². The van der Waals surface area contributed by atoms with Crippen molar-refractivity contribution in [1.29, 1.82) is 0 Å². The van der Waals surface area contributed by atoms with Crippen molar-refractivity contribution in [3.8, 4) is 0 Å². The summed E-state index contributed by atoms with van der Waals surface area (Å²) in [5, 5.41) is 5.19. The molecule has 0 saturated carbocycles. The first-order chi connectivity index (χ1) is 13.5. The van der Waals surface area contributed by atoms with Crippen molar-refractivity contribution >= 4 is 39.9 Å². The highest BCUT2D eigenvalue weighted by atomic mass is 35.5. The zero-order chi connectivity index (χ0) is 19.7. The van der Waals surface area contributed by atoms with Gasteiger partial charge in [-0.3, -0.25) is 4.79 Å². The maximum absolute atomic E-state index is 14.4. The van der Waals surface area contributed by atoms with Crippen LogP contribution < -0.4 is 5.32 Å². The molecule has 1 atom stereocenters. The van der Waals surface area contributed by atoms with E-state index in [2.05, 4.69) is 10.3 Å². The molecule has 2 aromatic carbocycles. The minimum atomic E-state index is -0.369. The number of fused-ring (bicyclic) bond motifs is 1. The molecule has 1 amide bonds. The van der Waals surface area contributed by atoms with Crippen LogP contribution in [0.25, 0.3) is 11.0 Å². The maximum atomic E-state index is 14.4. The van der Waals surface area contributed by atoms with E-state index in [1.165, 1.54) is 17.4 Å². The summed E-state index contributed by atoms with van der Waals surface area (Å²) < 4.78 is 16.3. The number of carbonyl (C=O) groups excluding carboxylic acids is 1. The Balaban J connectivity index is 1.74. The highest BCUT2D eigenvalue weighted by molar-refractivity contribution is 7.12. The molecule has 4 rings (SSSR count). The first kappa shape index (κ1) is 18.7. The maximum Gasteiger partial charge on any atom is 0.261 e. The molecule has 4 aromatic rings. The van der Waals surface area contributed by atoms with Gasteiger partial charge in [-0.1, -0.05) is 35.9 Å². The van der Waals surface area contributed by atoms with Gasteiger partial charge in [0, 0.05) is 10.6 Å². The molecule has 2 heterocycles. The quantitative estimate of drug-likeness (QED) is 0.474. The number of amides is 1. The molecule has 0 radical (unpaired) electrons. The van der Waals surface area contributed by atoms with E-state index < -0.39 is 0 Å². The lowest BCUT2D eigenvalue weighted by Gasteiger charge is -2.17. The van der Waals surface area contributed by atoms with Crippen LogP contribution in [0.15, 0.2) is 60.0 Å². The van der Waals surface area contributed by atoms with Gasteiger partial charge in [0.25, 0.3) is 5.91 Å². The van der Waals surface area contributed by atoms with E-state index in [-0.39, 0.29) is 24.3 Å². The third kappa shape index (κ3) is 3.53. The van der Waals surface area contributed by atoms with Crippen molar-refractivity contribution in [2.24, 2.45) is 0 Å². The molecule has 0 fully saturated rings. The summed E-state index contributed by atoms with van der Waals surface area (Å²) >= 11 is 7.62. The van der Waals surface area contributed by atoms with Crippen LogP contribution in [0.5, 0.6) is 0 Å². The Morgan fingerprint density at radius 2 is 2.04 bits per heavy atom. The number of thiophene rings is 1. The van der Waals surface area contributed by atoms with E-state index >= 15 is 0 Å². The number of benzene rings is 2. The first-order valence-electron chi connectivity index (χ1n) is 8.77. The van der Waals surface area contributed by atoms with Gasteiger partial charge in [0.1, 0.15) is 11.6 Å². The van der Waals surface area contributed by atoms with E-state index in [4.69, 9.17) is 11.6 Å². The molecule has 142 valence electrons. The van der Waals surface area contributed by atoms with Gasteiger partial charge >= 0.3 is 0 Å². The Morgan fingerprint density at radius 1 is 1.21 bits per heavy atom. The van der Waals surface area contributed by atoms with Crippen LogP contribution in [0.4, 0.5) is 4.39 Å². The number of imidazole rings is 1. The summed E-state index contributed by atoms with van der Waals surface area (Å²) in [7, 11) is 0. The fourth-order valence-electron chi connectivity index (χ4n) is 3.17. The monoisotopic (exact) mass is 413 g/mol. The van der Waals surface area contributed by atoms with E-state index in [1.54, 1.807) is 18.2 Å². The fraction of sp³-hybridized carbons (Fsp3) is 0.143. The first-order valence-corrected chi connectivity index (χ1v) is 10.0. The summed E-state index contributed by atoms with van der Waals surface area (Å²) in [6.07, 6.45) is 0. The van der Waals surface area contributed by atoms with Crippen molar-refractivity contribution in [1.82, 2.24) is 14.9 Å². The number of aromatic nitrogens is 2. The van der Waals surface area contributed by atoms with Crippen LogP contribution >= 0.6 is 22.9 Å². The molecule has 0 aliphatic rings. The number of rotatable bonds is 5. The molecule has 0 aliphatic heterocycles. The lowest BCUT2D eigenvalue weighted by atomic mass is 10.2. The lowest BCUT2D eigenvalue weighted by Crippen LogP contribution is -2.28. The third-order valence-electron chi connectivity index (χ3n) is 4.54. The Bertz CT molecular complexity index is 1120. The lowest BCUT2D eigenvalue weighted by molar-refractivity contribution is 0.0942. The zero-order valence-corrected chi connectivity index (χ0v) is 16.6. The summed E-state index contributed by atoms with van der Waals surface area (Å²) in [6, 6.07) is 15.5. The van der Waals surface area contributed by atoms with Gasteiger partial charge in [0.15, 0.2) is 0 Å². The molecular weight excluding hydrogens is 397 g/mol. The van der Waals surface area contributed by atoms with Crippen molar-refractivity contribution in [2.45, 2.75) is 19.5 Å². The Kier molecular flexibility index (Phi) is 5.15. The van der Waals surface area contributed by atoms with Gasteiger partial charge in [-0.15, -0.1) is 11.3 Å². The second-order valence-electron chi connectivity index (χ2n) is 6.42. The van der Waals surface area contributed by atoms with E-state index in [1.807, 2.05) is 47.2 Å². The van der Waals surface area contributed by atoms with Gasteiger partial charge in [0.05, 0.1) is 28.5 Å². The molecule has 0 saturated heterocycles. The van der Waals surface area contributed by atoms with Crippen LogP contribution in [0, 0.1) is 5.82 Å². The normalized spacial score (nSPS) is 12.2. The van der Waals surface area contributed by atoms with Crippen LogP contribution in [-0.2, 0) is 6.54 Å². The number of nitrogens with zero attached hydrogens (tertiary/aromatic N) is 2. The van der Waals surface area contributed by atoms with E-state index in [9.17, 15) is 9.18 Å². The van der Waals surface area contributed by atoms with Gasteiger partial charge in [-0.05, 0) is 42.6 Å². The molecule has 0 aliphatic carbocycles. The van der Waals surface area contributed by atoms with Crippen LogP contribution in [0.2, 0.25) is 5.02 Å². The van der Waals surface area contributed by atoms with Gasteiger partial charge in [-0.25, -0.2) is 9.37 Å². The van der Waals surface area contributed by atoms with Crippen molar-refractivity contribution in [2.75, 3.05) is 0 Å². The number of para-hydroxylation sites is 2.